The van der Waals surface area contributed by atoms with Crippen molar-refractivity contribution >= 4 is 28.2 Å². The number of thiophene rings is 1. The number of carbonyl (C=O) groups is 2. The van der Waals surface area contributed by atoms with Gasteiger partial charge in [0.15, 0.2) is 6.10 Å². The number of hydrogen-bond donors (Lipinski definition) is 1. The smallest absolute Gasteiger partial charge is 0.349 e. The van der Waals surface area contributed by atoms with Crippen molar-refractivity contribution in [2.45, 2.75) is 13.0 Å². The molecule has 0 spiro atoms. The normalized spacial score (nSPS) is 15.0. The number of hydrogen-bond acceptors (Lipinski definition) is 6. The molecule has 1 aromatic heterocycles. The molecular formula is C21H24N2O4S. The Morgan fingerprint density at radius 2 is 2.04 bits per heavy atom. The minimum atomic E-state index is -0.874. The van der Waals surface area contributed by atoms with Crippen LogP contribution in [-0.4, -0.2) is 50.8 Å². The first kappa shape index (κ1) is 20.1. The van der Waals surface area contributed by atoms with E-state index in [-0.39, 0.29) is 5.91 Å². The van der Waals surface area contributed by atoms with Gasteiger partial charge in [-0.05, 0) is 18.6 Å². The molecule has 28 heavy (non-hydrogen) atoms. The Balaban J connectivity index is 1.83. The summed E-state index contributed by atoms with van der Waals surface area (Å²) in [5, 5.41) is 3.65. The highest BCUT2D eigenvalue weighted by Gasteiger charge is 2.25. The molecular weight excluding hydrogens is 376 g/mol. The molecule has 0 saturated carbocycles. The molecule has 1 saturated heterocycles. The molecule has 0 radical (unpaired) electrons. The van der Waals surface area contributed by atoms with Gasteiger partial charge in [-0.3, -0.25) is 4.79 Å². The van der Waals surface area contributed by atoms with Crippen LogP contribution >= 0.6 is 11.3 Å². The summed E-state index contributed by atoms with van der Waals surface area (Å²) in [6, 6.07) is 11.8. The van der Waals surface area contributed by atoms with Crippen molar-refractivity contribution in [3.63, 3.8) is 0 Å². The number of carbonyl (C=O) groups excluding carboxylic acids is 2. The molecule has 2 aromatic rings. The lowest BCUT2D eigenvalue weighted by Crippen LogP contribution is -2.36. The third-order valence-corrected chi connectivity index (χ3v) is 5.55. The van der Waals surface area contributed by atoms with Gasteiger partial charge in [0.2, 0.25) is 0 Å². The van der Waals surface area contributed by atoms with E-state index in [2.05, 4.69) is 16.8 Å². The van der Waals surface area contributed by atoms with Crippen molar-refractivity contribution in [2.75, 3.05) is 37.7 Å². The fourth-order valence-electron chi connectivity index (χ4n) is 2.90. The van der Waals surface area contributed by atoms with Gasteiger partial charge in [0, 0.05) is 25.2 Å². The average molecular weight is 401 g/mol. The van der Waals surface area contributed by atoms with E-state index in [1.807, 2.05) is 36.4 Å². The van der Waals surface area contributed by atoms with Gasteiger partial charge in [0.1, 0.15) is 4.88 Å². The van der Waals surface area contributed by atoms with Crippen LogP contribution in [0.5, 0.6) is 0 Å². The zero-order valence-corrected chi connectivity index (χ0v) is 16.7. The number of ether oxygens (including phenoxy) is 2. The highest BCUT2D eigenvalue weighted by Crippen LogP contribution is 2.39. The summed E-state index contributed by atoms with van der Waals surface area (Å²) in [5.74, 6) is -0.843. The molecule has 7 heteroatoms. The lowest BCUT2D eigenvalue weighted by molar-refractivity contribution is -0.128. The van der Waals surface area contributed by atoms with Crippen molar-refractivity contribution in [1.29, 1.82) is 0 Å². The van der Waals surface area contributed by atoms with Crippen molar-refractivity contribution in [2.24, 2.45) is 0 Å². The fraction of sp³-hybridized carbons (Fsp3) is 0.333. The van der Waals surface area contributed by atoms with Crippen LogP contribution in [0.1, 0.15) is 16.6 Å². The topological polar surface area (TPSA) is 67.9 Å². The number of rotatable bonds is 7. The summed E-state index contributed by atoms with van der Waals surface area (Å²) in [5.41, 5.74) is 2.03. The van der Waals surface area contributed by atoms with Crippen LogP contribution < -0.4 is 10.2 Å². The first-order chi connectivity index (χ1) is 13.6. The number of nitrogens with one attached hydrogen (secondary N) is 1. The van der Waals surface area contributed by atoms with Crippen molar-refractivity contribution in [3.05, 3.63) is 53.9 Å². The minimum Gasteiger partial charge on any atom is -0.448 e. The lowest BCUT2D eigenvalue weighted by atomic mass is 10.1. The first-order valence-electron chi connectivity index (χ1n) is 9.21. The average Bonchev–Trinajstić information content (AvgIpc) is 3.19. The monoisotopic (exact) mass is 400 g/mol. The standard InChI is InChI=1S/C21H24N2O4S/c1-3-9-22-19(24)15(2)27-21(25)18-14-17(16-7-5-4-6-8-16)20(28-18)23-10-12-26-13-11-23/h3-8,14-15H,1,9-13H2,2H3,(H,22,24). The van der Waals surface area contributed by atoms with Gasteiger partial charge < -0.3 is 19.7 Å². The molecule has 1 aliphatic heterocycles. The van der Waals surface area contributed by atoms with E-state index in [1.54, 1.807) is 13.0 Å². The van der Waals surface area contributed by atoms with E-state index in [0.29, 0.717) is 24.6 Å². The zero-order chi connectivity index (χ0) is 19.9. The molecule has 1 N–H and O–H groups in total. The summed E-state index contributed by atoms with van der Waals surface area (Å²) in [6.45, 7) is 8.31. The van der Waals surface area contributed by atoms with E-state index >= 15 is 0 Å². The Hall–Kier alpha value is -2.64. The van der Waals surface area contributed by atoms with Gasteiger partial charge in [-0.1, -0.05) is 36.4 Å². The van der Waals surface area contributed by atoms with E-state index in [0.717, 1.165) is 29.2 Å². The maximum Gasteiger partial charge on any atom is 0.349 e. The molecule has 6 nitrogen and oxygen atoms in total. The van der Waals surface area contributed by atoms with Crippen LogP contribution in [0, 0.1) is 0 Å². The molecule has 2 heterocycles. The highest BCUT2D eigenvalue weighted by molar-refractivity contribution is 7.18. The van der Waals surface area contributed by atoms with Gasteiger partial charge in [-0.25, -0.2) is 4.79 Å². The SMILES string of the molecule is C=CCNC(=O)C(C)OC(=O)c1cc(-c2ccccc2)c(N2CCOCC2)s1. The third kappa shape index (κ3) is 4.79. The van der Waals surface area contributed by atoms with E-state index < -0.39 is 12.1 Å². The Morgan fingerprint density at radius 3 is 2.71 bits per heavy atom. The fourth-order valence-corrected chi connectivity index (χ4v) is 4.01. The van der Waals surface area contributed by atoms with Crippen LogP contribution in [0.25, 0.3) is 11.1 Å². The largest absolute Gasteiger partial charge is 0.448 e. The van der Waals surface area contributed by atoms with Gasteiger partial charge in [-0.2, -0.15) is 0 Å². The lowest BCUT2D eigenvalue weighted by Gasteiger charge is -2.28. The predicted octanol–water partition coefficient (Wildman–Crippen LogP) is 3.10. The molecule has 1 atom stereocenters. The Kier molecular flexibility index (Phi) is 6.84. The summed E-state index contributed by atoms with van der Waals surface area (Å²) in [7, 11) is 0. The molecule has 1 aliphatic rings. The summed E-state index contributed by atoms with van der Waals surface area (Å²) < 4.78 is 10.8. The third-order valence-electron chi connectivity index (χ3n) is 4.37. The molecule has 148 valence electrons. The van der Waals surface area contributed by atoms with Gasteiger partial charge in [0.25, 0.3) is 5.91 Å². The van der Waals surface area contributed by atoms with E-state index in [1.165, 1.54) is 11.3 Å². The number of esters is 1. The van der Waals surface area contributed by atoms with Crippen LogP contribution in [0.3, 0.4) is 0 Å². The second kappa shape index (κ2) is 9.52. The molecule has 1 unspecified atom stereocenters. The van der Waals surface area contributed by atoms with Crippen molar-refractivity contribution in [3.8, 4) is 11.1 Å². The maximum absolute atomic E-state index is 12.7. The number of morpholine rings is 1. The molecule has 1 aromatic carbocycles. The molecule has 0 bridgehead atoms. The maximum atomic E-state index is 12.7. The number of anilines is 1. The van der Waals surface area contributed by atoms with Gasteiger partial charge in [-0.15, -0.1) is 17.9 Å². The summed E-state index contributed by atoms with van der Waals surface area (Å²) >= 11 is 1.39. The first-order valence-corrected chi connectivity index (χ1v) is 10.0. The Bertz CT molecular complexity index is 828. The highest BCUT2D eigenvalue weighted by atomic mass is 32.1. The van der Waals surface area contributed by atoms with E-state index in [4.69, 9.17) is 9.47 Å². The molecule has 1 fully saturated rings. The van der Waals surface area contributed by atoms with Gasteiger partial charge in [0.05, 0.1) is 18.2 Å². The molecule has 0 aliphatic carbocycles. The van der Waals surface area contributed by atoms with Crippen molar-refractivity contribution < 1.29 is 19.1 Å². The Morgan fingerprint density at radius 1 is 1.32 bits per heavy atom. The number of benzene rings is 1. The van der Waals surface area contributed by atoms with Crippen LogP contribution in [-0.2, 0) is 14.3 Å². The van der Waals surface area contributed by atoms with Gasteiger partial charge >= 0.3 is 5.97 Å². The predicted molar refractivity (Wildman–Crippen MR) is 111 cm³/mol. The van der Waals surface area contributed by atoms with E-state index in [9.17, 15) is 9.59 Å². The molecule has 1 amide bonds. The summed E-state index contributed by atoms with van der Waals surface area (Å²) in [4.78, 5) is 27.3. The quantitative estimate of drug-likeness (QED) is 0.571. The van der Waals surface area contributed by atoms with Crippen LogP contribution in [0.2, 0.25) is 0 Å². The number of amides is 1. The zero-order valence-electron chi connectivity index (χ0n) is 15.8. The molecule has 3 rings (SSSR count). The summed E-state index contributed by atoms with van der Waals surface area (Å²) in [6.07, 6.45) is 0.702. The Labute approximate surface area is 168 Å². The second-order valence-corrected chi connectivity index (χ2v) is 7.41. The van der Waals surface area contributed by atoms with Crippen LogP contribution in [0.4, 0.5) is 5.00 Å². The minimum absolute atomic E-state index is 0.332. The van der Waals surface area contributed by atoms with Crippen LogP contribution in [0.15, 0.2) is 49.1 Å². The second-order valence-electron chi connectivity index (χ2n) is 6.38. The van der Waals surface area contributed by atoms with Crippen molar-refractivity contribution in [1.82, 2.24) is 5.32 Å². The number of nitrogens with zero attached hydrogens (tertiary/aromatic N) is 1.